The monoisotopic (exact) mass is 245 g/mol. The van der Waals surface area contributed by atoms with Gasteiger partial charge in [0.25, 0.3) is 0 Å². The molecule has 1 saturated heterocycles. The minimum Gasteiger partial charge on any atom is -0.398 e. The van der Waals surface area contributed by atoms with Crippen LogP contribution in [0.1, 0.15) is 0 Å². The molecule has 3 rings (SSSR count). The van der Waals surface area contributed by atoms with Gasteiger partial charge in [-0.05, 0) is 25.2 Å². The van der Waals surface area contributed by atoms with Gasteiger partial charge in [0.05, 0.1) is 24.8 Å². The van der Waals surface area contributed by atoms with Gasteiger partial charge >= 0.3 is 0 Å². The summed E-state index contributed by atoms with van der Waals surface area (Å²) in [6.45, 7) is 3.72. The Bertz CT molecular complexity index is 549. The topological polar surface area (TPSA) is 43.4 Å². The Morgan fingerprint density at radius 1 is 1.39 bits per heavy atom. The number of nitrogen functional groups attached to an aromatic ring is 1. The first-order valence-electron chi connectivity index (χ1n) is 6.37. The van der Waals surface area contributed by atoms with E-state index in [1.165, 1.54) is 5.52 Å². The highest BCUT2D eigenvalue weighted by molar-refractivity contribution is 5.91. The highest BCUT2D eigenvalue weighted by Gasteiger charge is 2.18. The molecular formula is C14H19N3O. The van der Waals surface area contributed by atoms with Crippen LogP contribution in [0.25, 0.3) is 10.9 Å². The van der Waals surface area contributed by atoms with Crippen LogP contribution in [0.3, 0.4) is 0 Å². The third-order valence-electron chi connectivity index (χ3n) is 3.59. The van der Waals surface area contributed by atoms with E-state index in [0.29, 0.717) is 0 Å². The molecule has 4 heteroatoms. The van der Waals surface area contributed by atoms with Gasteiger partial charge in [-0.2, -0.15) is 0 Å². The molecule has 1 aliphatic heterocycles. The summed E-state index contributed by atoms with van der Waals surface area (Å²) in [6, 6.07) is 8.13. The molecule has 96 valence electrons. The number of aromatic nitrogens is 1. The molecule has 1 aromatic carbocycles. The Morgan fingerprint density at radius 3 is 3.11 bits per heavy atom. The fourth-order valence-electron chi connectivity index (χ4n) is 2.60. The van der Waals surface area contributed by atoms with E-state index in [4.69, 9.17) is 10.5 Å². The van der Waals surface area contributed by atoms with Crippen LogP contribution >= 0.6 is 0 Å². The number of ether oxygens (including phenoxy) is 1. The number of rotatable bonds is 2. The first-order chi connectivity index (χ1) is 8.74. The summed E-state index contributed by atoms with van der Waals surface area (Å²) in [5, 5.41) is 1.13. The maximum atomic E-state index is 5.97. The van der Waals surface area contributed by atoms with Crippen LogP contribution in [-0.4, -0.2) is 42.3 Å². The molecule has 1 aromatic heterocycles. The van der Waals surface area contributed by atoms with Gasteiger partial charge < -0.3 is 19.9 Å². The highest BCUT2D eigenvalue weighted by Crippen LogP contribution is 2.22. The standard InChI is InChI=1S/C14H19N3O/c1-16-7-8-18-11(9-16)10-17-6-5-12-13(15)3-2-4-14(12)17/h2-6,11H,7-10,15H2,1H3. The predicted octanol–water partition coefficient (Wildman–Crippen LogP) is 1.55. The minimum atomic E-state index is 0.265. The zero-order chi connectivity index (χ0) is 12.5. The first kappa shape index (κ1) is 11.6. The molecule has 2 N–H and O–H groups in total. The second-order valence-corrected chi connectivity index (χ2v) is 5.00. The Balaban J connectivity index is 1.84. The summed E-state index contributed by atoms with van der Waals surface area (Å²) in [5.74, 6) is 0. The van der Waals surface area contributed by atoms with Crippen LogP contribution in [0, 0.1) is 0 Å². The molecule has 0 radical (unpaired) electrons. The van der Waals surface area contributed by atoms with Crippen molar-refractivity contribution in [1.29, 1.82) is 0 Å². The van der Waals surface area contributed by atoms with Gasteiger partial charge in [0.2, 0.25) is 0 Å². The zero-order valence-electron chi connectivity index (χ0n) is 10.7. The number of hydrogen-bond acceptors (Lipinski definition) is 3. The van der Waals surface area contributed by atoms with E-state index in [2.05, 4.69) is 34.8 Å². The van der Waals surface area contributed by atoms with Gasteiger partial charge in [0, 0.05) is 30.4 Å². The van der Waals surface area contributed by atoms with E-state index in [9.17, 15) is 0 Å². The average Bonchev–Trinajstić information content (AvgIpc) is 2.74. The number of benzene rings is 1. The molecule has 1 aliphatic rings. The molecule has 0 saturated carbocycles. The van der Waals surface area contributed by atoms with Crippen molar-refractivity contribution in [2.75, 3.05) is 32.5 Å². The van der Waals surface area contributed by atoms with Crippen molar-refractivity contribution in [2.45, 2.75) is 12.6 Å². The molecule has 0 bridgehead atoms. The van der Waals surface area contributed by atoms with Gasteiger partial charge in [-0.3, -0.25) is 0 Å². The number of nitrogens with zero attached hydrogens (tertiary/aromatic N) is 2. The zero-order valence-corrected chi connectivity index (χ0v) is 10.7. The molecular weight excluding hydrogens is 226 g/mol. The van der Waals surface area contributed by atoms with E-state index in [0.717, 1.165) is 37.3 Å². The number of anilines is 1. The SMILES string of the molecule is CN1CCOC(Cn2ccc3c(N)cccc32)C1. The Hall–Kier alpha value is -1.52. The van der Waals surface area contributed by atoms with Crippen molar-refractivity contribution >= 4 is 16.6 Å². The van der Waals surface area contributed by atoms with Gasteiger partial charge in [0.1, 0.15) is 0 Å². The largest absolute Gasteiger partial charge is 0.398 e. The van der Waals surface area contributed by atoms with E-state index in [-0.39, 0.29) is 6.10 Å². The third kappa shape index (κ3) is 2.09. The number of hydrogen-bond donors (Lipinski definition) is 1. The molecule has 0 amide bonds. The van der Waals surface area contributed by atoms with E-state index >= 15 is 0 Å². The van der Waals surface area contributed by atoms with E-state index < -0.39 is 0 Å². The summed E-state index contributed by atoms with van der Waals surface area (Å²) in [4.78, 5) is 2.31. The maximum absolute atomic E-state index is 5.97. The molecule has 2 heterocycles. The Kier molecular flexibility index (Phi) is 2.97. The van der Waals surface area contributed by atoms with Crippen LogP contribution in [0.2, 0.25) is 0 Å². The lowest BCUT2D eigenvalue weighted by Crippen LogP contribution is -2.41. The summed E-state index contributed by atoms with van der Waals surface area (Å²) in [6.07, 6.45) is 2.36. The van der Waals surface area contributed by atoms with E-state index in [1.54, 1.807) is 0 Å². The number of likely N-dealkylation sites (N-methyl/N-ethyl adjacent to an activating group) is 1. The molecule has 18 heavy (non-hydrogen) atoms. The van der Waals surface area contributed by atoms with Crippen LogP contribution in [0.5, 0.6) is 0 Å². The van der Waals surface area contributed by atoms with Crippen LogP contribution in [0.15, 0.2) is 30.5 Å². The van der Waals surface area contributed by atoms with Crippen molar-refractivity contribution in [2.24, 2.45) is 0 Å². The molecule has 1 fully saturated rings. The summed E-state index contributed by atoms with van der Waals surface area (Å²) >= 11 is 0. The maximum Gasteiger partial charge on any atom is 0.0881 e. The highest BCUT2D eigenvalue weighted by atomic mass is 16.5. The quantitative estimate of drug-likeness (QED) is 0.816. The van der Waals surface area contributed by atoms with Gasteiger partial charge in [-0.25, -0.2) is 0 Å². The second kappa shape index (κ2) is 4.63. The second-order valence-electron chi connectivity index (χ2n) is 5.00. The molecule has 0 spiro atoms. The molecule has 1 atom stereocenters. The summed E-state index contributed by atoms with van der Waals surface area (Å²) in [5.41, 5.74) is 8.00. The normalized spacial score (nSPS) is 21.5. The first-order valence-corrected chi connectivity index (χ1v) is 6.37. The smallest absolute Gasteiger partial charge is 0.0881 e. The number of nitrogens with two attached hydrogens (primary N) is 1. The fraction of sp³-hybridized carbons (Fsp3) is 0.429. The lowest BCUT2D eigenvalue weighted by molar-refractivity contribution is -0.0269. The Labute approximate surface area is 107 Å². The lowest BCUT2D eigenvalue weighted by Gasteiger charge is -2.30. The third-order valence-corrected chi connectivity index (χ3v) is 3.59. The van der Waals surface area contributed by atoms with E-state index in [1.807, 2.05) is 12.1 Å². The summed E-state index contributed by atoms with van der Waals surface area (Å²) < 4.78 is 8.04. The van der Waals surface area contributed by atoms with Gasteiger partial charge in [-0.15, -0.1) is 0 Å². The fourth-order valence-corrected chi connectivity index (χ4v) is 2.60. The predicted molar refractivity (Wildman–Crippen MR) is 73.6 cm³/mol. The van der Waals surface area contributed by atoms with Crippen molar-refractivity contribution in [3.05, 3.63) is 30.5 Å². The van der Waals surface area contributed by atoms with Gasteiger partial charge in [0.15, 0.2) is 0 Å². The Morgan fingerprint density at radius 2 is 2.28 bits per heavy atom. The molecule has 4 nitrogen and oxygen atoms in total. The number of fused-ring (bicyclic) bond motifs is 1. The van der Waals surface area contributed by atoms with Crippen LogP contribution in [-0.2, 0) is 11.3 Å². The minimum absolute atomic E-state index is 0.265. The molecule has 2 aromatic rings. The van der Waals surface area contributed by atoms with Crippen molar-refractivity contribution in [3.63, 3.8) is 0 Å². The van der Waals surface area contributed by atoms with Crippen LogP contribution in [0.4, 0.5) is 5.69 Å². The molecule has 1 unspecified atom stereocenters. The lowest BCUT2D eigenvalue weighted by atomic mass is 10.2. The number of morpholine rings is 1. The van der Waals surface area contributed by atoms with Crippen LogP contribution < -0.4 is 5.73 Å². The van der Waals surface area contributed by atoms with Crippen molar-refractivity contribution < 1.29 is 4.74 Å². The summed E-state index contributed by atoms with van der Waals surface area (Å²) in [7, 11) is 2.14. The molecule has 0 aliphatic carbocycles. The van der Waals surface area contributed by atoms with Crippen molar-refractivity contribution in [1.82, 2.24) is 9.47 Å². The van der Waals surface area contributed by atoms with Crippen molar-refractivity contribution in [3.8, 4) is 0 Å². The van der Waals surface area contributed by atoms with Gasteiger partial charge in [-0.1, -0.05) is 6.07 Å². The average molecular weight is 245 g/mol.